The largest absolute Gasteiger partial charge is 0.339 e. The van der Waals surface area contributed by atoms with Gasteiger partial charge in [0, 0.05) is 37.0 Å². The molecule has 0 unspecified atom stereocenters. The van der Waals surface area contributed by atoms with Crippen LogP contribution in [0.4, 0.5) is 0 Å². The van der Waals surface area contributed by atoms with E-state index in [1.165, 1.54) is 11.1 Å². The van der Waals surface area contributed by atoms with Gasteiger partial charge in [0.2, 0.25) is 5.91 Å². The molecule has 31 heavy (non-hydrogen) atoms. The Balaban J connectivity index is 1.33. The minimum absolute atomic E-state index is 0.219. The van der Waals surface area contributed by atoms with Crippen LogP contribution in [0.15, 0.2) is 84.9 Å². The Morgan fingerprint density at radius 1 is 0.839 bits per heavy atom. The van der Waals surface area contributed by atoms with E-state index in [0.717, 1.165) is 42.5 Å². The Kier molecular flexibility index (Phi) is 7.68. The summed E-state index contributed by atoms with van der Waals surface area (Å²) in [6.07, 6.45) is 0. The highest BCUT2D eigenvalue weighted by atomic mass is 35.5. The summed E-state index contributed by atoms with van der Waals surface area (Å²) >= 11 is 7.70. The summed E-state index contributed by atoms with van der Waals surface area (Å²) in [7, 11) is 0. The number of piperazine rings is 1. The first kappa shape index (κ1) is 21.9. The van der Waals surface area contributed by atoms with Gasteiger partial charge in [0.15, 0.2) is 0 Å². The van der Waals surface area contributed by atoms with Crippen molar-refractivity contribution in [3.63, 3.8) is 0 Å². The minimum Gasteiger partial charge on any atom is -0.339 e. The number of hydrogen-bond donors (Lipinski definition) is 0. The second kappa shape index (κ2) is 10.9. The predicted molar refractivity (Wildman–Crippen MR) is 130 cm³/mol. The second-order valence-corrected chi connectivity index (χ2v) is 9.19. The first-order chi connectivity index (χ1) is 15.2. The van der Waals surface area contributed by atoms with Gasteiger partial charge in [-0.15, -0.1) is 11.8 Å². The van der Waals surface area contributed by atoms with Crippen LogP contribution < -0.4 is 0 Å². The Morgan fingerprint density at radius 2 is 1.45 bits per heavy atom. The molecule has 0 N–H and O–H groups in total. The molecule has 160 valence electrons. The van der Waals surface area contributed by atoms with Gasteiger partial charge in [-0.25, -0.2) is 0 Å². The monoisotopic (exact) mass is 450 g/mol. The normalized spacial score (nSPS) is 14.7. The Hall–Kier alpha value is -2.27. The molecular formula is C26H27ClN2OS. The maximum atomic E-state index is 12.7. The molecule has 0 aliphatic carbocycles. The maximum Gasteiger partial charge on any atom is 0.232 e. The molecule has 0 atom stereocenters. The van der Waals surface area contributed by atoms with Crippen molar-refractivity contribution in [3.05, 3.63) is 107 Å². The van der Waals surface area contributed by atoms with Crippen LogP contribution in [0.25, 0.3) is 0 Å². The summed E-state index contributed by atoms with van der Waals surface area (Å²) in [4.78, 5) is 17.2. The average Bonchev–Trinajstić information content (AvgIpc) is 2.81. The van der Waals surface area contributed by atoms with Gasteiger partial charge in [0.25, 0.3) is 0 Å². The van der Waals surface area contributed by atoms with Gasteiger partial charge >= 0.3 is 0 Å². The molecule has 1 amide bonds. The van der Waals surface area contributed by atoms with Crippen LogP contribution in [0, 0.1) is 0 Å². The van der Waals surface area contributed by atoms with Crippen LogP contribution in [0.3, 0.4) is 0 Å². The molecule has 1 aliphatic rings. The fourth-order valence-electron chi connectivity index (χ4n) is 4.09. The number of carbonyl (C=O) groups is 1. The summed E-state index contributed by atoms with van der Waals surface area (Å²) in [5, 5.41) is 0.743. The van der Waals surface area contributed by atoms with E-state index >= 15 is 0 Å². The first-order valence-electron chi connectivity index (χ1n) is 10.6. The molecule has 3 aromatic carbocycles. The number of rotatable bonds is 7. The molecule has 0 radical (unpaired) electrons. The molecular weight excluding hydrogens is 424 g/mol. The maximum absolute atomic E-state index is 12.7. The van der Waals surface area contributed by atoms with Gasteiger partial charge in [-0.1, -0.05) is 84.4 Å². The van der Waals surface area contributed by atoms with E-state index in [0.29, 0.717) is 5.75 Å². The van der Waals surface area contributed by atoms with Gasteiger partial charge in [0.1, 0.15) is 0 Å². The van der Waals surface area contributed by atoms with Crippen molar-refractivity contribution in [2.75, 3.05) is 31.9 Å². The third kappa shape index (κ3) is 5.91. The van der Waals surface area contributed by atoms with Crippen molar-refractivity contribution in [3.8, 4) is 0 Å². The third-order valence-electron chi connectivity index (χ3n) is 5.65. The molecule has 5 heteroatoms. The standard InChI is InChI=1S/C26H27ClN2OS/c27-24-13-7-8-21(18-24)19-31-20-25(30)28-14-16-29(17-15-28)26(22-9-3-1-4-10-22)23-11-5-2-6-12-23/h1-13,18,26H,14-17,19-20H2. The number of nitrogens with zero attached hydrogens (tertiary/aromatic N) is 2. The Morgan fingerprint density at radius 3 is 2.03 bits per heavy atom. The third-order valence-corrected chi connectivity index (χ3v) is 6.87. The molecule has 0 spiro atoms. The molecule has 0 aromatic heterocycles. The highest BCUT2D eigenvalue weighted by molar-refractivity contribution is 7.99. The number of hydrogen-bond acceptors (Lipinski definition) is 3. The van der Waals surface area contributed by atoms with Crippen molar-refractivity contribution in [1.82, 2.24) is 9.80 Å². The Labute approximate surface area is 194 Å². The lowest BCUT2D eigenvalue weighted by molar-refractivity contribution is -0.130. The minimum atomic E-state index is 0.219. The molecule has 1 fully saturated rings. The number of thioether (sulfide) groups is 1. The van der Waals surface area contributed by atoms with Crippen LogP contribution in [0.2, 0.25) is 5.02 Å². The van der Waals surface area contributed by atoms with E-state index in [-0.39, 0.29) is 11.9 Å². The van der Waals surface area contributed by atoms with Crippen LogP contribution in [0.5, 0.6) is 0 Å². The molecule has 0 bridgehead atoms. The molecule has 1 aliphatic heterocycles. The lowest BCUT2D eigenvalue weighted by Gasteiger charge is -2.39. The number of halogens is 1. The van der Waals surface area contributed by atoms with E-state index in [2.05, 4.69) is 71.6 Å². The lowest BCUT2D eigenvalue weighted by Crippen LogP contribution is -2.50. The highest BCUT2D eigenvalue weighted by Gasteiger charge is 2.27. The van der Waals surface area contributed by atoms with Crippen LogP contribution in [-0.2, 0) is 10.5 Å². The fourth-order valence-corrected chi connectivity index (χ4v) is 5.18. The molecule has 1 heterocycles. The molecule has 4 rings (SSSR count). The van der Waals surface area contributed by atoms with E-state index in [9.17, 15) is 4.79 Å². The zero-order valence-electron chi connectivity index (χ0n) is 17.5. The second-order valence-electron chi connectivity index (χ2n) is 7.76. The number of amides is 1. The molecule has 3 aromatic rings. The van der Waals surface area contributed by atoms with Crippen molar-refractivity contribution in [2.24, 2.45) is 0 Å². The van der Waals surface area contributed by atoms with E-state index < -0.39 is 0 Å². The van der Waals surface area contributed by atoms with E-state index in [4.69, 9.17) is 11.6 Å². The average molecular weight is 451 g/mol. The SMILES string of the molecule is O=C(CSCc1cccc(Cl)c1)N1CCN(C(c2ccccc2)c2ccccc2)CC1. The number of carbonyl (C=O) groups excluding carboxylic acids is 1. The summed E-state index contributed by atoms with van der Waals surface area (Å²) in [6.45, 7) is 3.29. The van der Waals surface area contributed by atoms with Gasteiger partial charge in [-0.3, -0.25) is 9.69 Å². The summed E-state index contributed by atoms with van der Waals surface area (Å²) in [5.74, 6) is 1.53. The van der Waals surface area contributed by atoms with Gasteiger partial charge in [0.05, 0.1) is 11.8 Å². The van der Waals surface area contributed by atoms with Gasteiger partial charge in [-0.05, 0) is 28.8 Å². The van der Waals surface area contributed by atoms with Crippen LogP contribution in [-0.4, -0.2) is 47.6 Å². The van der Waals surface area contributed by atoms with Crippen molar-refractivity contribution >= 4 is 29.3 Å². The summed E-state index contributed by atoms with van der Waals surface area (Å²) < 4.78 is 0. The van der Waals surface area contributed by atoms with Crippen molar-refractivity contribution in [2.45, 2.75) is 11.8 Å². The zero-order chi connectivity index (χ0) is 21.5. The summed E-state index contributed by atoms with van der Waals surface area (Å²) in [5.41, 5.74) is 3.75. The van der Waals surface area contributed by atoms with Crippen LogP contribution >= 0.6 is 23.4 Å². The van der Waals surface area contributed by atoms with Crippen molar-refractivity contribution < 1.29 is 4.79 Å². The molecule has 3 nitrogen and oxygen atoms in total. The van der Waals surface area contributed by atoms with E-state index in [1.807, 2.05) is 23.1 Å². The Bertz CT molecular complexity index is 935. The highest BCUT2D eigenvalue weighted by Crippen LogP contribution is 2.29. The van der Waals surface area contributed by atoms with Gasteiger partial charge in [-0.2, -0.15) is 0 Å². The molecule has 1 saturated heterocycles. The number of benzene rings is 3. The van der Waals surface area contributed by atoms with E-state index in [1.54, 1.807) is 11.8 Å². The summed E-state index contributed by atoms with van der Waals surface area (Å²) in [6, 6.07) is 29.4. The fraction of sp³-hybridized carbons (Fsp3) is 0.269. The van der Waals surface area contributed by atoms with Crippen LogP contribution in [0.1, 0.15) is 22.7 Å². The zero-order valence-corrected chi connectivity index (χ0v) is 19.1. The topological polar surface area (TPSA) is 23.6 Å². The molecule has 0 saturated carbocycles. The quantitative estimate of drug-likeness (QED) is 0.474. The smallest absolute Gasteiger partial charge is 0.232 e. The van der Waals surface area contributed by atoms with Gasteiger partial charge < -0.3 is 4.90 Å². The lowest BCUT2D eigenvalue weighted by atomic mass is 9.96. The van der Waals surface area contributed by atoms with Crippen molar-refractivity contribution in [1.29, 1.82) is 0 Å². The predicted octanol–water partition coefficient (Wildman–Crippen LogP) is 5.51. The first-order valence-corrected chi connectivity index (χ1v) is 12.2.